The Balaban J connectivity index is 1.42. The Morgan fingerprint density at radius 1 is 0.809 bits per heavy atom. The normalized spacial score (nSPS) is 10.5. The van der Waals surface area contributed by atoms with E-state index in [1.54, 1.807) is 31.2 Å². The van der Waals surface area contributed by atoms with Gasteiger partial charge >= 0.3 is 5.97 Å². The molecule has 0 aliphatic rings. The Morgan fingerprint density at radius 2 is 1.53 bits per heavy atom. The third-order valence-electron chi connectivity index (χ3n) is 6.98. The molecule has 236 valence electrons. The molecule has 8 nitrogen and oxygen atoms in total. The summed E-state index contributed by atoms with van der Waals surface area (Å²) in [5.41, 5.74) is 5.27. The van der Waals surface area contributed by atoms with Crippen molar-refractivity contribution in [3.05, 3.63) is 126 Å². The molecule has 9 heteroatoms. The van der Waals surface area contributed by atoms with Crippen molar-refractivity contribution in [2.45, 2.75) is 25.5 Å². The van der Waals surface area contributed by atoms with Gasteiger partial charge in [0.1, 0.15) is 17.7 Å². The van der Waals surface area contributed by atoms with E-state index in [4.69, 9.17) is 19.2 Å². The maximum Gasteiger partial charge on any atom is 0.338 e. The highest BCUT2D eigenvalue weighted by Crippen LogP contribution is 2.38. The van der Waals surface area contributed by atoms with E-state index >= 15 is 0 Å². The molecule has 0 saturated heterocycles. The summed E-state index contributed by atoms with van der Waals surface area (Å²) in [5.74, 6) is 0.458. The number of aromatic nitrogens is 1. The first-order chi connectivity index (χ1) is 23.0. The summed E-state index contributed by atoms with van der Waals surface area (Å²) >= 11 is 1.18. The molecule has 0 atom stereocenters. The zero-order chi connectivity index (χ0) is 33.0. The number of carbonyl (C=O) groups is 2. The smallest absolute Gasteiger partial charge is 0.338 e. The van der Waals surface area contributed by atoms with Crippen LogP contribution in [0.4, 0.5) is 5.69 Å². The van der Waals surface area contributed by atoms with E-state index in [2.05, 4.69) is 11.4 Å². The minimum absolute atomic E-state index is 0.00938. The minimum atomic E-state index is -0.423. The highest BCUT2D eigenvalue weighted by atomic mass is 32.2. The zero-order valence-corrected chi connectivity index (χ0v) is 26.9. The Bertz CT molecular complexity index is 1870. The van der Waals surface area contributed by atoms with Crippen molar-refractivity contribution in [3.63, 3.8) is 0 Å². The molecule has 0 fully saturated rings. The van der Waals surface area contributed by atoms with Crippen LogP contribution in [-0.4, -0.2) is 35.8 Å². The lowest BCUT2D eigenvalue weighted by Gasteiger charge is -2.16. The number of carbonyl (C=O) groups excluding carboxylic acids is 2. The molecule has 1 heterocycles. The number of pyridine rings is 1. The number of nitriles is 1. The van der Waals surface area contributed by atoms with E-state index in [0.29, 0.717) is 57.8 Å². The molecule has 0 aliphatic carbocycles. The van der Waals surface area contributed by atoms with Crippen LogP contribution in [0.2, 0.25) is 0 Å². The van der Waals surface area contributed by atoms with Crippen molar-refractivity contribution in [3.8, 4) is 40.0 Å². The molecule has 5 rings (SSSR count). The number of hydrogen-bond donors (Lipinski definition) is 1. The Morgan fingerprint density at radius 3 is 2.21 bits per heavy atom. The van der Waals surface area contributed by atoms with Crippen LogP contribution in [-0.2, 0) is 16.1 Å². The zero-order valence-electron chi connectivity index (χ0n) is 26.1. The summed E-state index contributed by atoms with van der Waals surface area (Å²) < 4.78 is 17.1. The molecule has 4 aromatic carbocycles. The van der Waals surface area contributed by atoms with Crippen LogP contribution in [0.1, 0.15) is 35.3 Å². The summed E-state index contributed by atoms with van der Waals surface area (Å²) in [6.45, 7) is 4.75. The molecular formula is C38H33N3O5S. The molecule has 0 radical (unpaired) electrons. The summed E-state index contributed by atoms with van der Waals surface area (Å²) in [6, 6.07) is 35.9. The third-order valence-corrected chi connectivity index (χ3v) is 7.95. The van der Waals surface area contributed by atoms with Gasteiger partial charge in [0.15, 0.2) is 11.5 Å². The van der Waals surface area contributed by atoms with Gasteiger partial charge in [0, 0.05) is 16.8 Å². The highest BCUT2D eigenvalue weighted by Gasteiger charge is 2.19. The second kappa shape index (κ2) is 16.1. The molecular weight excluding hydrogens is 611 g/mol. The topological polar surface area (TPSA) is 111 Å². The lowest BCUT2D eigenvalue weighted by atomic mass is 9.99. The predicted molar refractivity (Wildman–Crippen MR) is 184 cm³/mol. The van der Waals surface area contributed by atoms with Gasteiger partial charge in [-0.1, -0.05) is 78.5 Å². The molecule has 5 aromatic rings. The molecule has 1 amide bonds. The maximum atomic E-state index is 13.0. The average Bonchev–Trinajstić information content (AvgIpc) is 3.11. The van der Waals surface area contributed by atoms with Crippen LogP contribution in [0.15, 0.2) is 114 Å². The lowest BCUT2D eigenvalue weighted by Crippen LogP contribution is -2.14. The number of benzene rings is 4. The molecule has 0 unspecified atom stereocenters. The SMILES string of the molecule is CCOC(=O)c1ccc(NC(=O)CSc2nc(-c3ccccc3)cc(-c3ccc(OCc4ccccc4)c(OCC)c3)c2C#N)cc1. The second-order valence-corrected chi connectivity index (χ2v) is 11.2. The molecule has 47 heavy (non-hydrogen) atoms. The average molecular weight is 644 g/mol. The quantitative estimate of drug-likeness (QED) is 0.101. The molecule has 0 aliphatic heterocycles. The Hall–Kier alpha value is -5.59. The van der Waals surface area contributed by atoms with Gasteiger partial charge in [-0.2, -0.15) is 5.26 Å². The van der Waals surface area contributed by atoms with Gasteiger partial charge in [-0.15, -0.1) is 0 Å². The number of nitrogens with zero attached hydrogens (tertiary/aromatic N) is 2. The fourth-order valence-corrected chi connectivity index (χ4v) is 5.55. The third kappa shape index (κ3) is 8.57. The molecule has 0 spiro atoms. The Kier molecular flexibility index (Phi) is 11.2. The second-order valence-electron chi connectivity index (χ2n) is 10.2. The van der Waals surface area contributed by atoms with E-state index in [-0.39, 0.29) is 18.3 Å². The van der Waals surface area contributed by atoms with Crippen LogP contribution in [0.5, 0.6) is 11.5 Å². The van der Waals surface area contributed by atoms with Crippen LogP contribution in [0, 0.1) is 11.3 Å². The first-order valence-corrected chi connectivity index (χ1v) is 16.1. The van der Waals surface area contributed by atoms with Gasteiger partial charge in [0.05, 0.1) is 35.8 Å². The number of esters is 1. The standard InChI is InChI=1S/C38H33N3O5S/c1-3-44-35-21-29(17-20-34(35)46-24-26-11-7-5-8-12-26)31-22-33(27-13-9-6-10-14-27)41-37(32(31)23-39)47-25-36(42)40-30-18-15-28(16-19-30)38(43)45-4-2/h5-22H,3-4,24-25H2,1-2H3,(H,40,42). The minimum Gasteiger partial charge on any atom is -0.490 e. The van der Waals surface area contributed by atoms with Gasteiger partial charge in [0.2, 0.25) is 5.91 Å². The molecule has 1 N–H and O–H groups in total. The van der Waals surface area contributed by atoms with Crippen molar-refractivity contribution in [2.75, 3.05) is 24.3 Å². The molecule has 1 aromatic heterocycles. The van der Waals surface area contributed by atoms with Crippen LogP contribution in [0.25, 0.3) is 22.4 Å². The van der Waals surface area contributed by atoms with Crippen molar-refractivity contribution < 1.29 is 23.8 Å². The van der Waals surface area contributed by atoms with Crippen molar-refractivity contribution in [2.24, 2.45) is 0 Å². The number of amides is 1. The van der Waals surface area contributed by atoms with E-state index in [1.165, 1.54) is 11.8 Å². The first-order valence-electron chi connectivity index (χ1n) is 15.1. The fourth-order valence-electron chi connectivity index (χ4n) is 4.75. The van der Waals surface area contributed by atoms with Gasteiger partial charge in [-0.25, -0.2) is 9.78 Å². The van der Waals surface area contributed by atoms with E-state index in [9.17, 15) is 14.9 Å². The summed E-state index contributed by atoms with van der Waals surface area (Å²) in [4.78, 5) is 29.7. The van der Waals surface area contributed by atoms with E-state index < -0.39 is 5.97 Å². The van der Waals surface area contributed by atoms with Crippen LogP contribution >= 0.6 is 11.8 Å². The molecule has 0 bridgehead atoms. The molecule has 0 saturated carbocycles. The summed E-state index contributed by atoms with van der Waals surface area (Å²) in [5, 5.41) is 13.6. The van der Waals surface area contributed by atoms with Crippen LogP contribution in [0.3, 0.4) is 0 Å². The van der Waals surface area contributed by atoms with Crippen molar-refractivity contribution in [1.82, 2.24) is 4.98 Å². The number of rotatable bonds is 13. The fraction of sp³-hybridized carbons (Fsp3) is 0.158. The van der Waals surface area contributed by atoms with Crippen molar-refractivity contribution >= 4 is 29.3 Å². The van der Waals surface area contributed by atoms with E-state index in [0.717, 1.165) is 16.7 Å². The van der Waals surface area contributed by atoms with Crippen LogP contribution < -0.4 is 14.8 Å². The summed E-state index contributed by atoms with van der Waals surface area (Å²) in [6.07, 6.45) is 0. The maximum absolute atomic E-state index is 13.0. The van der Waals surface area contributed by atoms with Crippen molar-refractivity contribution in [1.29, 1.82) is 5.26 Å². The van der Waals surface area contributed by atoms with E-state index in [1.807, 2.05) is 91.9 Å². The number of hydrogen-bond acceptors (Lipinski definition) is 8. The highest BCUT2D eigenvalue weighted by molar-refractivity contribution is 8.00. The summed E-state index contributed by atoms with van der Waals surface area (Å²) in [7, 11) is 0. The van der Waals surface area contributed by atoms with Gasteiger partial charge in [0.25, 0.3) is 0 Å². The largest absolute Gasteiger partial charge is 0.490 e. The lowest BCUT2D eigenvalue weighted by molar-refractivity contribution is -0.113. The number of anilines is 1. The first kappa shape index (κ1) is 32.8. The number of ether oxygens (including phenoxy) is 3. The predicted octanol–water partition coefficient (Wildman–Crippen LogP) is 8.17. The number of nitrogens with one attached hydrogen (secondary N) is 1. The van der Waals surface area contributed by atoms with Gasteiger partial charge < -0.3 is 19.5 Å². The number of thioether (sulfide) groups is 1. The monoisotopic (exact) mass is 643 g/mol. The van der Waals surface area contributed by atoms with Gasteiger partial charge in [-0.3, -0.25) is 4.79 Å². The van der Waals surface area contributed by atoms with Gasteiger partial charge in [-0.05, 0) is 67.4 Å². The Labute approximate surface area is 278 Å².